The molecule has 144 valence electrons. The molecule has 0 amide bonds. The maximum atomic E-state index is 11.7. The number of nitrogens with zero attached hydrogens (tertiary/aromatic N) is 3. The second-order valence-electron chi connectivity index (χ2n) is 6.53. The number of ether oxygens (including phenoxy) is 1. The van der Waals surface area contributed by atoms with Gasteiger partial charge >= 0.3 is 0 Å². The van der Waals surface area contributed by atoms with Gasteiger partial charge in [0.2, 0.25) is 0 Å². The van der Waals surface area contributed by atoms with Gasteiger partial charge in [0.15, 0.2) is 0 Å². The third-order valence-electron chi connectivity index (χ3n) is 4.36. The number of hydrogen-bond donors (Lipinski definition) is 1. The lowest BCUT2D eigenvalue weighted by Crippen LogP contribution is -2.54. The van der Waals surface area contributed by atoms with Crippen molar-refractivity contribution in [1.82, 2.24) is 14.8 Å². The van der Waals surface area contributed by atoms with Crippen molar-refractivity contribution in [1.29, 1.82) is 0 Å². The van der Waals surface area contributed by atoms with E-state index in [-0.39, 0.29) is 19.0 Å². The van der Waals surface area contributed by atoms with Crippen molar-refractivity contribution >= 4 is 35.6 Å². The second-order valence-corrected chi connectivity index (χ2v) is 7.40. The fourth-order valence-corrected chi connectivity index (χ4v) is 3.04. The van der Waals surface area contributed by atoms with Gasteiger partial charge in [-0.2, -0.15) is 5.10 Å². The van der Waals surface area contributed by atoms with Gasteiger partial charge in [0.25, 0.3) is 0 Å². The molecular weight excluding hydrogens is 409 g/mol. The lowest BCUT2D eigenvalue weighted by atomic mass is 9.79. The fraction of sp³-hybridized carbons (Fsp3) is 0.263. The van der Waals surface area contributed by atoms with Gasteiger partial charge in [-0.3, -0.25) is 0 Å². The Morgan fingerprint density at radius 2 is 1.56 bits per heavy atom. The highest BCUT2D eigenvalue weighted by Gasteiger charge is 2.48. The van der Waals surface area contributed by atoms with Crippen LogP contribution >= 0.6 is 35.6 Å². The minimum Gasteiger partial charge on any atom is -0.484 e. The Balaban J connectivity index is 0.00000261. The fourth-order valence-electron chi connectivity index (χ4n) is 2.79. The van der Waals surface area contributed by atoms with E-state index in [4.69, 9.17) is 27.9 Å². The lowest BCUT2D eigenvalue weighted by molar-refractivity contribution is -0.133. The van der Waals surface area contributed by atoms with Crippen molar-refractivity contribution in [3.05, 3.63) is 76.8 Å². The van der Waals surface area contributed by atoms with E-state index in [1.54, 1.807) is 59.5 Å². The first-order valence-electron chi connectivity index (χ1n) is 8.06. The van der Waals surface area contributed by atoms with Crippen molar-refractivity contribution in [3.8, 4) is 5.75 Å². The number of hydrogen-bond acceptors (Lipinski definition) is 4. The number of rotatable bonds is 6. The molecule has 0 aliphatic heterocycles. The molecule has 0 spiro atoms. The molecule has 0 saturated heterocycles. The van der Waals surface area contributed by atoms with Gasteiger partial charge in [-0.1, -0.05) is 35.3 Å². The molecule has 0 radical (unpaired) electrons. The van der Waals surface area contributed by atoms with Crippen LogP contribution < -0.4 is 4.74 Å². The minimum atomic E-state index is -1.40. The summed E-state index contributed by atoms with van der Waals surface area (Å²) in [7, 11) is 0. The largest absolute Gasteiger partial charge is 0.484 e. The topological polar surface area (TPSA) is 60.2 Å². The van der Waals surface area contributed by atoms with Crippen molar-refractivity contribution in [2.75, 3.05) is 0 Å². The molecule has 1 heterocycles. The highest BCUT2D eigenvalue weighted by Crippen LogP contribution is 2.38. The molecule has 0 aliphatic rings. The van der Waals surface area contributed by atoms with Gasteiger partial charge in [-0.15, -0.1) is 12.4 Å². The maximum absolute atomic E-state index is 11.7. The van der Waals surface area contributed by atoms with E-state index in [2.05, 4.69) is 10.1 Å². The standard InChI is InChI=1S/C19H19Cl2N3O2.ClH/c1-18(2,26-17-9-7-16(21)8-10-17)19(25,11-24-13-22-12-23-24)14-3-5-15(20)6-4-14;/h3-10,12-13,25H,11H2,1-2H3;1H. The maximum Gasteiger partial charge on any atom is 0.148 e. The van der Waals surface area contributed by atoms with Crippen LogP contribution in [0.2, 0.25) is 10.0 Å². The zero-order chi connectivity index (χ0) is 18.8. The van der Waals surface area contributed by atoms with Crippen LogP contribution in [0.25, 0.3) is 0 Å². The van der Waals surface area contributed by atoms with Crippen LogP contribution in [0.1, 0.15) is 19.4 Å². The van der Waals surface area contributed by atoms with E-state index in [9.17, 15) is 5.11 Å². The predicted molar refractivity (Wildman–Crippen MR) is 109 cm³/mol. The van der Waals surface area contributed by atoms with Crippen molar-refractivity contribution in [3.63, 3.8) is 0 Å². The van der Waals surface area contributed by atoms with Crippen LogP contribution in [0.5, 0.6) is 5.75 Å². The van der Waals surface area contributed by atoms with Crippen LogP contribution in [0.15, 0.2) is 61.2 Å². The van der Waals surface area contributed by atoms with Gasteiger partial charge in [-0.05, 0) is 55.8 Å². The zero-order valence-electron chi connectivity index (χ0n) is 14.8. The van der Waals surface area contributed by atoms with E-state index >= 15 is 0 Å². The average Bonchev–Trinajstić information content (AvgIpc) is 3.10. The van der Waals surface area contributed by atoms with E-state index in [0.717, 1.165) is 0 Å². The Morgan fingerprint density at radius 3 is 2.07 bits per heavy atom. The molecule has 3 rings (SSSR count). The first kappa shape index (κ1) is 21.5. The molecule has 1 atom stereocenters. The summed E-state index contributed by atoms with van der Waals surface area (Å²) in [6.45, 7) is 3.81. The number of aliphatic hydroxyl groups is 1. The summed E-state index contributed by atoms with van der Waals surface area (Å²) in [6, 6.07) is 14.1. The summed E-state index contributed by atoms with van der Waals surface area (Å²) < 4.78 is 7.72. The smallest absolute Gasteiger partial charge is 0.148 e. The molecule has 5 nitrogen and oxygen atoms in total. The SMILES string of the molecule is CC(C)(Oc1ccc(Cl)cc1)C(O)(Cn1cncn1)c1ccc(Cl)cc1.Cl. The molecule has 8 heteroatoms. The monoisotopic (exact) mass is 427 g/mol. The normalized spacial score (nSPS) is 13.5. The minimum absolute atomic E-state index is 0. The molecule has 0 fully saturated rings. The van der Waals surface area contributed by atoms with E-state index in [1.165, 1.54) is 6.33 Å². The molecule has 0 bridgehead atoms. The average molecular weight is 429 g/mol. The molecule has 1 aromatic heterocycles. The van der Waals surface area contributed by atoms with Gasteiger partial charge in [0.1, 0.15) is 29.6 Å². The van der Waals surface area contributed by atoms with Crippen LogP contribution in [-0.2, 0) is 12.1 Å². The summed E-state index contributed by atoms with van der Waals surface area (Å²) in [5.41, 5.74) is -1.73. The highest BCUT2D eigenvalue weighted by molar-refractivity contribution is 6.30. The van der Waals surface area contributed by atoms with Gasteiger partial charge < -0.3 is 9.84 Å². The molecular formula is C19H20Cl3N3O2. The molecule has 0 aliphatic carbocycles. The van der Waals surface area contributed by atoms with Gasteiger partial charge in [-0.25, -0.2) is 9.67 Å². The quantitative estimate of drug-likeness (QED) is 0.615. The number of aromatic nitrogens is 3. The molecule has 1 unspecified atom stereocenters. The number of halogens is 3. The highest BCUT2D eigenvalue weighted by atomic mass is 35.5. The van der Waals surface area contributed by atoms with Crippen LogP contribution in [-0.4, -0.2) is 25.5 Å². The predicted octanol–water partition coefficient (Wildman–Crippen LogP) is 4.75. The Morgan fingerprint density at radius 1 is 1.00 bits per heavy atom. The Bertz CT molecular complexity index is 853. The van der Waals surface area contributed by atoms with Crippen molar-refractivity contribution in [2.24, 2.45) is 0 Å². The molecule has 27 heavy (non-hydrogen) atoms. The van der Waals surface area contributed by atoms with Crippen molar-refractivity contribution in [2.45, 2.75) is 31.6 Å². The van der Waals surface area contributed by atoms with Crippen LogP contribution in [0.3, 0.4) is 0 Å². The van der Waals surface area contributed by atoms with Gasteiger partial charge in [0.05, 0.1) is 6.54 Å². The Kier molecular flexibility index (Phi) is 6.76. The van der Waals surface area contributed by atoms with Gasteiger partial charge in [0, 0.05) is 10.0 Å². The second kappa shape index (κ2) is 8.48. The Labute approximate surface area is 174 Å². The third-order valence-corrected chi connectivity index (χ3v) is 4.87. The van der Waals surface area contributed by atoms with Crippen molar-refractivity contribution < 1.29 is 9.84 Å². The molecule has 0 saturated carbocycles. The Hall–Kier alpha value is -1.79. The zero-order valence-corrected chi connectivity index (χ0v) is 17.2. The first-order chi connectivity index (χ1) is 12.3. The summed E-state index contributed by atoms with van der Waals surface area (Å²) >= 11 is 12.0. The first-order valence-corrected chi connectivity index (χ1v) is 8.81. The summed E-state index contributed by atoms with van der Waals surface area (Å²) in [6.07, 6.45) is 2.98. The van der Waals surface area contributed by atoms with Crippen LogP contribution in [0.4, 0.5) is 0 Å². The lowest BCUT2D eigenvalue weighted by Gasteiger charge is -2.42. The molecule has 2 aromatic carbocycles. The summed E-state index contributed by atoms with van der Waals surface area (Å²) in [4.78, 5) is 3.95. The summed E-state index contributed by atoms with van der Waals surface area (Å²) in [5, 5.41) is 17.0. The third kappa shape index (κ3) is 4.74. The number of benzene rings is 2. The van der Waals surface area contributed by atoms with E-state index < -0.39 is 11.2 Å². The van der Waals surface area contributed by atoms with Crippen LogP contribution in [0, 0.1) is 0 Å². The van der Waals surface area contributed by atoms with E-state index in [0.29, 0.717) is 21.4 Å². The molecule has 3 aromatic rings. The molecule has 1 N–H and O–H groups in total. The summed E-state index contributed by atoms with van der Waals surface area (Å²) in [5.74, 6) is 0.602. The van der Waals surface area contributed by atoms with E-state index in [1.807, 2.05) is 13.8 Å².